The molecule has 0 aliphatic carbocycles. The lowest BCUT2D eigenvalue weighted by Crippen LogP contribution is -2.40. The number of ether oxygens (including phenoxy) is 3. The average Bonchev–Trinajstić information content (AvgIpc) is 2.53. The first kappa shape index (κ1) is 18.4. The monoisotopic (exact) mass is 298 g/mol. The van der Waals surface area contributed by atoms with E-state index in [1.807, 2.05) is 0 Å². The molecule has 0 amide bonds. The third kappa shape index (κ3) is 9.05. The van der Waals surface area contributed by atoms with Gasteiger partial charge in [0, 0.05) is 13.2 Å². The van der Waals surface area contributed by atoms with Gasteiger partial charge >= 0.3 is 0 Å². The van der Waals surface area contributed by atoms with Crippen LogP contribution in [0.3, 0.4) is 0 Å². The van der Waals surface area contributed by atoms with Gasteiger partial charge in [-0.15, -0.1) is 0 Å². The van der Waals surface area contributed by atoms with E-state index in [9.17, 15) is 0 Å². The van der Waals surface area contributed by atoms with Crippen LogP contribution in [0.2, 0.25) is 0 Å². The van der Waals surface area contributed by atoms with Gasteiger partial charge in [0.2, 0.25) is 0 Å². The lowest BCUT2D eigenvalue weighted by molar-refractivity contribution is 0.00782. The standard InChI is InChI=1S/C16H30N2O3/c1-2-3-9-19-11-13-21-14-12-20-10-8-18-7-5-4-6-16(18)15-17/h16H,2-14H2,1H3. The van der Waals surface area contributed by atoms with Crippen LogP contribution in [0.5, 0.6) is 0 Å². The second kappa shape index (κ2) is 13.0. The van der Waals surface area contributed by atoms with Gasteiger partial charge in [0.05, 0.1) is 45.1 Å². The maximum absolute atomic E-state index is 9.07. The Morgan fingerprint density at radius 2 is 1.67 bits per heavy atom. The third-order valence-electron chi connectivity index (χ3n) is 3.67. The van der Waals surface area contributed by atoms with Crippen molar-refractivity contribution < 1.29 is 14.2 Å². The van der Waals surface area contributed by atoms with Crippen molar-refractivity contribution in [3.63, 3.8) is 0 Å². The first-order valence-corrected chi connectivity index (χ1v) is 8.25. The molecule has 1 unspecified atom stereocenters. The highest BCUT2D eigenvalue weighted by molar-refractivity contribution is 4.93. The van der Waals surface area contributed by atoms with E-state index < -0.39 is 0 Å². The number of likely N-dealkylation sites (tertiary alicyclic amines) is 1. The Balaban J connectivity index is 1.85. The molecule has 0 N–H and O–H groups in total. The Morgan fingerprint density at radius 3 is 2.33 bits per heavy atom. The van der Waals surface area contributed by atoms with E-state index >= 15 is 0 Å². The minimum atomic E-state index is 0.0823. The summed E-state index contributed by atoms with van der Waals surface area (Å²) >= 11 is 0. The van der Waals surface area contributed by atoms with Gasteiger partial charge in [-0.2, -0.15) is 5.26 Å². The van der Waals surface area contributed by atoms with Crippen LogP contribution in [0.4, 0.5) is 0 Å². The maximum Gasteiger partial charge on any atom is 0.0978 e. The first-order valence-electron chi connectivity index (χ1n) is 8.25. The lowest BCUT2D eigenvalue weighted by atomic mass is 10.0. The van der Waals surface area contributed by atoms with Gasteiger partial charge in [0.25, 0.3) is 0 Å². The molecule has 21 heavy (non-hydrogen) atoms. The third-order valence-corrected chi connectivity index (χ3v) is 3.67. The SMILES string of the molecule is CCCCOCCOCCOCCN1CCCCC1C#N. The Bertz CT molecular complexity index is 281. The zero-order chi connectivity index (χ0) is 15.2. The van der Waals surface area contributed by atoms with Crippen molar-refractivity contribution in [2.45, 2.75) is 45.1 Å². The lowest BCUT2D eigenvalue weighted by Gasteiger charge is -2.30. The molecule has 1 atom stereocenters. The van der Waals surface area contributed by atoms with Crippen molar-refractivity contribution in [1.82, 2.24) is 4.90 Å². The zero-order valence-corrected chi connectivity index (χ0v) is 13.4. The molecule has 0 spiro atoms. The van der Waals surface area contributed by atoms with Gasteiger partial charge < -0.3 is 14.2 Å². The Morgan fingerprint density at radius 1 is 1.00 bits per heavy atom. The molecule has 122 valence electrons. The van der Waals surface area contributed by atoms with Crippen molar-refractivity contribution in [3.8, 4) is 6.07 Å². The minimum Gasteiger partial charge on any atom is -0.379 e. The van der Waals surface area contributed by atoms with E-state index in [0.29, 0.717) is 33.0 Å². The maximum atomic E-state index is 9.07. The predicted octanol–water partition coefficient (Wildman–Crippen LogP) is 2.21. The number of unbranched alkanes of at least 4 members (excludes halogenated alkanes) is 1. The average molecular weight is 298 g/mol. The Labute approximate surface area is 129 Å². The number of rotatable bonds is 12. The van der Waals surface area contributed by atoms with Crippen LogP contribution in [-0.4, -0.2) is 63.7 Å². The quantitative estimate of drug-likeness (QED) is 0.517. The molecule has 0 aromatic heterocycles. The van der Waals surface area contributed by atoms with Crippen molar-refractivity contribution in [3.05, 3.63) is 0 Å². The molecule has 1 aliphatic heterocycles. The summed E-state index contributed by atoms with van der Waals surface area (Å²) in [6.07, 6.45) is 5.64. The van der Waals surface area contributed by atoms with Crippen LogP contribution in [0.25, 0.3) is 0 Å². The van der Waals surface area contributed by atoms with Crippen molar-refractivity contribution >= 4 is 0 Å². The Kier molecular flexibility index (Phi) is 11.4. The highest BCUT2D eigenvalue weighted by Gasteiger charge is 2.21. The molecule has 1 fully saturated rings. The summed E-state index contributed by atoms with van der Waals surface area (Å²) in [6.45, 7) is 8.04. The van der Waals surface area contributed by atoms with Gasteiger partial charge in [-0.05, 0) is 32.2 Å². The van der Waals surface area contributed by atoms with E-state index in [1.165, 1.54) is 19.3 Å². The van der Waals surface area contributed by atoms with Crippen LogP contribution in [0.1, 0.15) is 39.0 Å². The summed E-state index contributed by atoms with van der Waals surface area (Å²) in [5, 5.41) is 9.07. The summed E-state index contributed by atoms with van der Waals surface area (Å²) in [5.74, 6) is 0. The fraction of sp³-hybridized carbons (Fsp3) is 0.938. The molecule has 0 bridgehead atoms. The van der Waals surface area contributed by atoms with Crippen LogP contribution in [-0.2, 0) is 14.2 Å². The van der Waals surface area contributed by atoms with Crippen LogP contribution in [0, 0.1) is 11.3 Å². The molecule has 0 aromatic carbocycles. The summed E-state index contributed by atoms with van der Waals surface area (Å²) in [6, 6.07) is 2.46. The van der Waals surface area contributed by atoms with Crippen LogP contribution in [0.15, 0.2) is 0 Å². The van der Waals surface area contributed by atoms with Gasteiger partial charge in [0.1, 0.15) is 0 Å². The van der Waals surface area contributed by atoms with E-state index in [-0.39, 0.29) is 6.04 Å². The van der Waals surface area contributed by atoms with E-state index in [1.54, 1.807) is 0 Å². The van der Waals surface area contributed by atoms with E-state index in [0.717, 1.165) is 32.5 Å². The van der Waals surface area contributed by atoms with Crippen LogP contribution < -0.4 is 0 Å². The van der Waals surface area contributed by atoms with Gasteiger partial charge in [-0.25, -0.2) is 0 Å². The normalized spacial score (nSPS) is 19.5. The van der Waals surface area contributed by atoms with Crippen molar-refractivity contribution in [2.75, 3.05) is 52.7 Å². The number of hydrogen-bond donors (Lipinski definition) is 0. The zero-order valence-electron chi connectivity index (χ0n) is 13.4. The molecular weight excluding hydrogens is 268 g/mol. The number of nitrogens with zero attached hydrogens (tertiary/aromatic N) is 2. The smallest absolute Gasteiger partial charge is 0.0978 e. The fourth-order valence-electron chi connectivity index (χ4n) is 2.37. The van der Waals surface area contributed by atoms with Gasteiger partial charge in [-0.1, -0.05) is 13.3 Å². The van der Waals surface area contributed by atoms with Crippen molar-refractivity contribution in [1.29, 1.82) is 5.26 Å². The molecule has 1 rings (SSSR count). The second-order valence-corrected chi connectivity index (χ2v) is 5.37. The van der Waals surface area contributed by atoms with Gasteiger partial charge in [-0.3, -0.25) is 4.90 Å². The minimum absolute atomic E-state index is 0.0823. The molecule has 1 heterocycles. The largest absolute Gasteiger partial charge is 0.379 e. The molecule has 1 aliphatic rings. The second-order valence-electron chi connectivity index (χ2n) is 5.37. The molecule has 0 saturated carbocycles. The summed E-state index contributed by atoms with van der Waals surface area (Å²) in [4.78, 5) is 2.23. The molecule has 0 radical (unpaired) electrons. The summed E-state index contributed by atoms with van der Waals surface area (Å²) in [7, 11) is 0. The Hall–Kier alpha value is -0.670. The number of hydrogen-bond acceptors (Lipinski definition) is 5. The molecule has 5 nitrogen and oxygen atoms in total. The first-order chi connectivity index (χ1) is 10.4. The number of piperidine rings is 1. The highest BCUT2D eigenvalue weighted by Crippen LogP contribution is 2.15. The van der Waals surface area contributed by atoms with E-state index in [2.05, 4.69) is 17.9 Å². The predicted molar refractivity (Wildman–Crippen MR) is 82.2 cm³/mol. The van der Waals surface area contributed by atoms with Crippen LogP contribution >= 0.6 is 0 Å². The van der Waals surface area contributed by atoms with E-state index in [4.69, 9.17) is 19.5 Å². The van der Waals surface area contributed by atoms with Gasteiger partial charge in [0.15, 0.2) is 0 Å². The van der Waals surface area contributed by atoms with Crippen molar-refractivity contribution in [2.24, 2.45) is 0 Å². The highest BCUT2D eigenvalue weighted by atomic mass is 16.5. The number of nitriles is 1. The summed E-state index contributed by atoms with van der Waals surface area (Å²) < 4.78 is 16.4. The molecule has 0 aromatic rings. The fourth-order valence-corrected chi connectivity index (χ4v) is 2.37. The summed E-state index contributed by atoms with van der Waals surface area (Å²) in [5.41, 5.74) is 0. The molecule has 1 saturated heterocycles. The topological polar surface area (TPSA) is 54.7 Å². The molecule has 5 heteroatoms. The molecular formula is C16H30N2O3.